The lowest BCUT2D eigenvalue weighted by Crippen LogP contribution is -2.45. The molecule has 2 aromatic rings. The van der Waals surface area contributed by atoms with E-state index < -0.39 is 6.10 Å². The van der Waals surface area contributed by atoms with Gasteiger partial charge in [-0.25, -0.2) is 0 Å². The molecule has 4 rings (SSSR count). The lowest BCUT2D eigenvalue weighted by Gasteiger charge is -2.28. The molecule has 0 aliphatic carbocycles. The molecule has 26 heavy (non-hydrogen) atoms. The van der Waals surface area contributed by atoms with Crippen LogP contribution in [0.3, 0.4) is 0 Å². The topological polar surface area (TPSA) is 81.7 Å². The van der Waals surface area contributed by atoms with Gasteiger partial charge in [-0.2, -0.15) is 5.10 Å². The first kappa shape index (κ1) is 17.2. The molecule has 0 bridgehead atoms. The van der Waals surface area contributed by atoms with E-state index in [1.165, 1.54) is 0 Å². The number of aliphatic hydroxyl groups is 1. The zero-order valence-corrected chi connectivity index (χ0v) is 14.7. The smallest absolute Gasteiger partial charge is 0.253 e. The van der Waals surface area contributed by atoms with Gasteiger partial charge in [0, 0.05) is 37.9 Å². The lowest BCUT2D eigenvalue weighted by atomic mass is 10.1. The third-order valence-corrected chi connectivity index (χ3v) is 5.25. The molecule has 3 heterocycles. The van der Waals surface area contributed by atoms with Crippen molar-refractivity contribution in [3.8, 4) is 11.3 Å². The van der Waals surface area contributed by atoms with E-state index in [0.29, 0.717) is 25.3 Å². The Morgan fingerprint density at radius 1 is 1.12 bits per heavy atom. The summed E-state index contributed by atoms with van der Waals surface area (Å²) in [5, 5.41) is 16.9. The first-order chi connectivity index (χ1) is 12.7. The first-order valence-electron chi connectivity index (χ1n) is 9.11. The first-order valence-corrected chi connectivity index (χ1v) is 9.11. The number of carbonyl (C=O) groups excluding carboxylic acids is 1. The second-order valence-corrected chi connectivity index (χ2v) is 6.90. The lowest BCUT2D eigenvalue weighted by molar-refractivity contribution is 0.0725. The van der Waals surface area contributed by atoms with Gasteiger partial charge < -0.3 is 14.7 Å². The molecule has 2 aliphatic heterocycles. The molecule has 1 aromatic carbocycles. The summed E-state index contributed by atoms with van der Waals surface area (Å²) in [4.78, 5) is 17.0. The number of ether oxygens (including phenoxy) is 1. The van der Waals surface area contributed by atoms with Crippen LogP contribution in [0.25, 0.3) is 11.3 Å². The zero-order chi connectivity index (χ0) is 17.9. The largest absolute Gasteiger partial charge is 0.389 e. The molecule has 1 aromatic heterocycles. The van der Waals surface area contributed by atoms with Gasteiger partial charge in [0.2, 0.25) is 0 Å². The number of hydrogen-bond acceptors (Lipinski definition) is 5. The number of nitrogens with zero attached hydrogens (tertiary/aromatic N) is 3. The minimum atomic E-state index is -0.424. The van der Waals surface area contributed by atoms with E-state index >= 15 is 0 Å². The quantitative estimate of drug-likeness (QED) is 0.857. The van der Waals surface area contributed by atoms with Crippen LogP contribution in [0.1, 0.15) is 16.8 Å². The summed E-state index contributed by atoms with van der Waals surface area (Å²) in [5.74, 6) is 0.0613. The van der Waals surface area contributed by atoms with E-state index in [1.807, 2.05) is 35.2 Å². The van der Waals surface area contributed by atoms with Crippen molar-refractivity contribution in [2.75, 3.05) is 39.4 Å². The summed E-state index contributed by atoms with van der Waals surface area (Å²) in [6.07, 6.45) is 2.19. The minimum absolute atomic E-state index is 0.0544. The fraction of sp³-hybridized carbons (Fsp3) is 0.474. The van der Waals surface area contributed by atoms with Gasteiger partial charge in [-0.15, -0.1) is 0 Å². The molecule has 138 valence electrons. The molecule has 0 radical (unpaired) electrons. The predicted octanol–water partition coefficient (Wildman–Crippen LogP) is 0.984. The summed E-state index contributed by atoms with van der Waals surface area (Å²) >= 11 is 0. The molecule has 0 unspecified atom stereocenters. The Kier molecular flexibility index (Phi) is 5.01. The highest BCUT2D eigenvalue weighted by Crippen LogP contribution is 2.19. The van der Waals surface area contributed by atoms with Crippen molar-refractivity contribution in [1.29, 1.82) is 0 Å². The number of carbonyl (C=O) groups is 1. The number of aromatic amines is 1. The number of rotatable bonds is 3. The van der Waals surface area contributed by atoms with Gasteiger partial charge in [0.1, 0.15) is 0 Å². The standard InChI is InChI=1S/C19H24N4O3/c24-18-13-26-12-17(18)22-8-1-9-23(11-10-22)19(25)15-4-2-14(3-5-15)16-6-7-20-21-16/h2-7,17-18,24H,1,8-13H2,(H,20,21)/t17-,18-/m1/s1. The number of benzene rings is 1. The molecule has 1 amide bonds. The normalized spacial score (nSPS) is 24.6. The number of amides is 1. The highest BCUT2D eigenvalue weighted by molar-refractivity contribution is 5.94. The Hall–Kier alpha value is -2.22. The Labute approximate surface area is 152 Å². The molecule has 7 nitrogen and oxygen atoms in total. The van der Waals surface area contributed by atoms with Gasteiger partial charge in [0.15, 0.2) is 0 Å². The van der Waals surface area contributed by atoms with Crippen LogP contribution in [0, 0.1) is 0 Å². The number of H-pyrrole nitrogens is 1. The monoisotopic (exact) mass is 356 g/mol. The average molecular weight is 356 g/mol. The van der Waals surface area contributed by atoms with Crippen molar-refractivity contribution in [2.45, 2.75) is 18.6 Å². The Morgan fingerprint density at radius 3 is 2.65 bits per heavy atom. The number of aromatic nitrogens is 2. The molecule has 0 spiro atoms. The van der Waals surface area contributed by atoms with E-state index in [-0.39, 0.29) is 11.9 Å². The fourth-order valence-electron chi connectivity index (χ4n) is 3.74. The molecule has 2 N–H and O–H groups in total. The van der Waals surface area contributed by atoms with E-state index in [4.69, 9.17) is 4.74 Å². The molecule has 7 heteroatoms. The third-order valence-electron chi connectivity index (χ3n) is 5.25. The number of aliphatic hydroxyl groups excluding tert-OH is 1. The Balaban J connectivity index is 1.40. The van der Waals surface area contributed by atoms with E-state index in [2.05, 4.69) is 15.1 Å². The minimum Gasteiger partial charge on any atom is -0.389 e. The highest BCUT2D eigenvalue weighted by Gasteiger charge is 2.33. The van der Waals surface area contributed by atoms with Gasteiger partial charge in [-0.1, -0.05) is 12.1 Å². The van der Waals surface area contributed by atoms with Crippen LogP contribution < -0.4 is 0 Å². The average Bonchev–Trinajstić information content (AvgIpc) is 3.29. The summed E-state index contributed by atoms with van der Waals surface area (Å²) < 4.78 is 5.37. The molecule has 2 fully saturated rings. The highest BCUT2D eigenvalue weighted by atomic mass is 16.5. The van der Waals surface area contributed by atoms with Crippen LogP contribution in [-0.4, -0.2) is 82.5 Å². The van der Waals surface area contributed by atoms with Gasteiger partial charge in [-0.05, 0) is 30.2 Å². The molecule has 0 saturated carbocycles. The van der Waals surface area contributed by atoms with Crippen LogP contribution in [0.15, 0.2) is 36.5 Å². The second kappa shape index (κ2) is 7.57. The predicted molar refractivity (Wildman–Crippen MR) is 96.7 cm³/mol. The maximum atomic E-state index is 12.9. The van der Waals surface area contributed by atoms with Crippen LogP contribution in [0.4, 0.5) is 0 Å². The van der Waals surface area contributed by atoms with E-state index in [9.17, 15) is 9.90 Å². The summed E-state index contributed by atoms with van der Waals surface area (Å²) in [5.41, 5.74) is 2.65. The van der Waals surface area contributed by atoms with Crippen LogP contribution >= 0.6 is 0 Å². The van der Waals surface area contributed by atoms with Gasteiger partial charge in [0.05, 0.1) is 31.1 Å². The van der Waals surface area contributed by atoms with Crippen LogP contribution in [-0.2, 0) is 4.74 Å². The van der Waals surface area contributed by atoms with Crippen molar-refractivity contribution in [3.63, 3.8) is 0 Å². The maximum absolute atomic E-state index is 12.9. The summed E-state index contributed by atoms with van der Waals surface area (Å²) in [7, 11) is 0. The van der Waals surface area contributed by atoms with Crippen molar-refractivity contribution in [3.05, 3.63) is 42.1 Å². The zero-order valence-electron chi connectivity index (χ0n) is 14.7. The van der Waals surface area contributed by atoms with Crippen molar-refractivity contribution < 1.29 is 14.6 Å². The van der Waals surface area contributed by atoms with Crippen molar-refractivity contribution in [1.82, 2.24) is 20.0 Å². The molecule has 2 saturated heterocycles. The second-order valence-electron chi connectivity index (χ2n) is 6.90. The van der Waals surface area contributed by atoms with Crippen LogP contribution in [0.5, 0.6) is 0 Å². The summed E-state index contributed by atoms with van der Waals surface area (Å²) in [6, 6.07) is 9.58. The molecule has 2 atom stereocenters. The van der Waals surface area contributed by atoms with Crippen molar-refractivity contribution >= 4 is 5.91 Å². The van der Waals surface area contributed by atoms with E-state index in [0.717, 1.165) is 37.3 Å². The summed E-state index contributed by atoms with van der Waals surface area (Å²) in [6.45, 7) is 4.04. The molecular formula is C19H24N4O3. The van der Waals surface area contributed by atoms with E-state index in [1.54, 1.807) is 6.20 Å². The number of nitrogens with one attached hydrogen (secondary N) is 1. The van der Waals surface area contributed by atoms with Crippen molar-refractivity contribution in [2.24, 2.45) is 0 Å². The third kappa shape index (κ3) is 3.51. The Morgan fingerprint density at radius 2 is 1.96 bits per heavy atom. The SMILES string of the molecule is O=C(c1ccc(-c2ccn[nH]2)cc1)N1CCCN([C@@H]2COC[C@H]2O)CC1. The number of hydrogen-bond donors (Lipinski definition) is 2. The van der Waals surface area contributed by atoms with Gasteiger partial charge >= 0.3 is 0 Å². The maximum Gasteiger partial charge on any atom is 0.253 e. The Bertz CT molecular complexity index is 732. The van der Waals surface area contributed by atoms with Crippen LogP contribution in [0.2, 0.25) is 0 Å². The fourth-order valence-corrected chi connectivity index (χ4v) is 3.74. The molecule has 2 aliphatic rings. The van der Waals surface area contributed by atoms with Gasteiger partial charge in [0.25, 0.3) is 5.91 Å². The molecular weight excluding hydrogens is 332 g/mol. The van der Waals surface area contributed by atoms with Gasteiger partial charge in [-0.3, -0.25) is 14.8 Å².